The van der Waals surface area contributed by atoms with Gasteiger partial charge in [-0.1, -0.05) is 56.2 Å². The minimum Gasteiger partial charge on any atom is -0.493 e. The molecule has 1 N–H and O–H groups in total. The van der Waals surface area contributed by atoms with E-state index < -0.39 is 0 Å². The van der Waals surface area contributed by atoms with Crippen LogP contribution >= 0.6 is 0 Å². The largest absolute Gasteiger partial charge is 0.493 e. The van der Waals surface area contributed by atoms with Crippen molar-refractivity contribution in [3.8, 4) is 11.5 Å². The summed E-state index contributed by atoms with van der Waals surface area (Å²) in [5, 5.41) is 5.14. The van der Waals surface area contributed by atoms with Crippen LogP contribution in [0.1, 0.15) is 31.7 Å². The Bertz CT molecular complexity index is 994. The fourth-order valence-electron chi connectivity index (χ4n) is 3.06. The minimum absolute atomic E-state index is 0.181. The molecule has 29 heavy (non-hydrogen) atoms. The number of methoxy groups -OCH3 is 1. The molecule has 0 aliphatic heterocycles. The molecule has 0 fully saturated rings. The number of benzene rings is 3. The molecule has 0 saturated carbocycles. The zero-order chi connectivity index (χ0) is 20.5. The summed E-state index contributed by atoms with van der Waals surface area (Å²) in [6.45, 7) is 2.84. The van der Waals surface area contributed by atoms with Crippen LogP contribution in [0.15, 0.2) is 66.7 Å². The van der Waals surface area contributed by atoms with Crippen LogP contribution in [0.3, 0.4) is 0 Å². The molecule has 0 aliphatic carbocycles. The Balaban J connectivity index is 1.62. The van der Waals surface area contributed by atoms with Crippen molar-refractivity contribution in [2.75, 3.05) is 19.0 Å². The lowest BCUT2D eigenvalue weighted by Crippen LogP contribution is -2.07. The molecular weight excluding hydrogens is 362 g/mol. The summed E-state index contributed by atoms with van der Waals surface area (Å²) in [5.74, 6) is 1.21. The zero-order valence-corrected chi connectivity index (χ0v) is 17.0. The third kappa shape index (κ3) is 5.85. The summed E-state index contributed by atoms with van der Waals surface area (Å²) in [6, 6.07) is 19.6. The SMILES string of the molecule is CCCCCOc1ccc(C=CC(=O)Nc2ccc3ccccc3c2)cc1OC. The van der Waals surface area contributed by atoms with E-state index in [-0.39, 0.29) is 5.91 Å². The number of carbonyl (C=O) groups is 1. The molecule has 0 aliphatic rings. The molecule has 4 nitrogen and oxygen atoms in total. The fraction of sp³-hybridized carbons (Fsp3) is 0.240. The number of unbranched alkanes of at least 4 members (excludes halogenated alkanes) is 2. The van der Waals surface area contributed by atoms with Crippen molar-refractivity contribution in [2.45, 2.75) is 26.2 Å². The molecule has 0 bridgehead atoms. The summed E-state index contributed by atoms with van der Waals surface area (Å²) < 4.78 is 11.2. The highest BCUT2D eigenvalue weighted by Crippen LogP contribution is 2.29. The highest BCUT2D eigenvalue weighted by Gasteiger charge is 2.05. The molecule has 150 valence electrons. The Hall–Kier alpha value is -3.27. The molecule has 0 aromatic heterocycles. The number of ether oxygens (including phenoxy) is 2. The van der Waals surface area contributed by atoms with E-state index >= 15 is 0 Å². The van der Waals surface area contributed by atoms with Crippen molar-refractivity contribution in [1.82, 2.24) is 0 Å². The molecule has 0 spiro atoms. The zero-order valence-electron chi connectivity index (χ0n) is 17.0. The highest BCUT2D eigenvalue weighted by molar-refractivity contribution is 6.03. The molecule has 1 amide bonds. The van der Waals surface area contributed by atoms with E-state index in [0.717, 1.165) is 47.0 Å². The number of carbonyl (C=O) groups excluding carboxylic acids is 1. The van der Waals surface area contributed by atoms with E-state index in [1.54, 1.807) is 13.2 Å². The molecule has 0 atom stereocenters. The van der Waals surface area contributed by atoms with Gasteiger partial charge < -0.3 is 14.8 Å². The van der Waals surface area contributed by atoms with Crippen molar-refractivity contribution in [3.63, 3.8) is 0 Å². The van der Waals surface area contributed by atoms with Crippen LogP contribution in [-0.4, -0.2) is 19.6 Å². The van der Waals surface area contributed by atoms with Gasteiger partial charge in [0.2, 0.25) is 5.91 Å². The first kappa shape index (κ1) is 20.5. The maximum Gasteiger partial charge on any atom is 0.248 e. The predicted octanol–water partition coefficient (Wildman–Crippen LogP) is 6.07. The summed E-state index contributed by atoms with van der Waals surface area (Å²) in [5.41, 5.74) is 1.64. The van der Waals surface area contributed by atoms with Crippen LogP contribution in [0.5, 0.6) is 11.5 Å². The smallest absolute Gasteiger partial charge is 0.248 e. The summed E-state index contributed by atoms with van der Waals surface area (Å²) >= 11 is 0. The van der Waals surface area contributed by atoms with E-state index in [9.17, 15) is 4.79 Å². The maximum absolute atomic E-state index is 12.3. The molecule has 0 heterocycles. The second-order valence-corrected chi connectivity index (χ2v) is 6.85. The predicted molar refractivity (Wildman–Crippen MR) is 120 cm³/mol. The Labute approximate surface area is 172 Å². The van der Waals surface area contributed by atoms with Crippen molar-refractivity contribution >= 4 is 28.4 Å². The van der Waals surface area contributed by atoms with Crippen molar-refractivity contribution in [2.24, 2.45) is 0 Å². The summed E-state index contributed by atoms with van der Waals surface area (Å²) in [7, 11) is 1.62. The van der Waals surface area contributed by atoms with Crippen LogP contribution in [-0.2, 0) is 4.79 Å². The second-order valence-electron chi connectivity index (χ2n) is 6.85. The lowest BCUT2D eigenvalue weighted by Gasteiger charge is -2.11. The van der Waals surface area contributed by atoms with E-state index in [2.05, 4.69) is 12.2 Å². The molecule has 0 saturated heterocycles. The van der Waals surface area contributed by atoms with Gasteiger partial charge in [0.05, 0.1) is 13.7 Å². The first-order chi connectivity index (χ1) is 14.2. The molecule has 3 rings (SSSR count). The van der Waals surface area contributed by atoms with Crippen LogP contribution < -0.4 is 14.8 Å². The number of amides is 1. The van der Waals surface area contributed by atoms with Gasteiger partial charge in [-0.2, -0.15) is 0 Å². The van der Waals surface area contributed by atoms with E-state index in [1.807, 2.05) is 60.7 Å². The number of fused-ring (bicyclic) bond motifs is 1. The average molecular weight is 389 g/mol. The van der Waals surface area contributed by atoms with Crippen LogP contribution in [0, 0.1) is 0 Å². The quantitative estimate of drug-likeness (QED) is 0.357. The highest BCUT2D eigenvalue weighted by atomic mass is 16.5. The molecule has 0 unspecified atom stereocenters. The Morgan fingerprint density at radius 2 is 1.79 bits per heavy atom. The van der Waals surface area contributed by atoms with Gasteiger partial charge in [-0.15, -0.1) is 0 Å². The lowest BCUT2D eigenvalue weighted by atomic mass is 10.1. The molecule has 4 heteroatoms. The van der Waals surface area contributed by atoms with E-state index in [1.165, 1.54) is 6.08 Å². The van der Waals surface area contributed by atoms with Gasteiger partial charge in [-0.3, -0.25) is 4.79 Å². The van der Waals surface area contributed by atoms with Gasteiger partial charge >= 0.3 is 0 Å². The van der Waals surface area contributed by atoms with E-state index in [0.29, 0.717) is 12.4 Å². The number of anilines is 1. The normalized spacial score (nSPS) is 11.0. The maximum atomic E-state index is 12.3. The third-order valence-corrected chi connectivity index (χ3v) is 4.64. The van der Waals surface area contributed by atoms with E-state index in [4.69, 9.17) is 9.47 Å². The second kappa shape index (κ2) is 10.3. The molecule has 3 aromatic rings. The van der Waals surface area contributed by atoms with Crippen LogP contribution in [0.25, 0.3) is 16.8 Å². The van der Waals surface area contributed by atoms with Gasteiger partial charge in [-0.05, 0) is 53.1 Å². The molecule has 3 aromatic carbocycles. The number of hydrogen-bond acceptors (Lipinski definition) is 3. The lowest BCUT2D eigenvalue weighted by molar-refractivity contribution is -0.111. The monoisotopic (exact) mass is 389 g/mol. The minimum atomic E-state index is -0.181. The number of rotatable bonds is 9. The first-order valence-electron chi connectivity index (χ1n) is 9.98. The van der Waals surface area contributed by atoms with Crippen LogP contribution in [0.2, 0.25) is 0 Å². The standard InChI is InChI=1S/C25H27NO3/c1-3-4-7-16-29-23-14-10-19(17-24(23)28-2)11-15-25(27)26-22-13-12-20-8-5-6-9-21(20)18-22/h5-6,8-15,17-18H,3-4,7,16H2,1-2H3,(H,26,27). The first-order valence-corrected chi connectivity index (χ1v) is 9.98. The van der Waals surface area contributed by atoms with Crippen molar-refractivity contribution < 1.29 is 14.3 Å². The summed E-state index contributed by atoms with van der Waals surface area (Å²) in [4.78, 5) is 12.3. The number of nitrogens with one attached hydrogen (secondary N) is 1. The van der Waals surface area contributed by atoms with Crippen LogP contribution in [0.4, 0.5) is 5.69 Å². The fourth-order valence-corrected chi connectivity index (χ4v) is 3.06. The average Bonchev–Trinajstić information content (AvgIpc) is 2.75. The van der Waals surface area contributed by atoms with Gasteiger partial charge in [0.25, 0.3) is 0 Å². The van der Waals surface area contributed by atoms with Gasteiger partial charge in [-0.25, -0.2) is 0 Å². The Morgan fingerprint density at radius 3 is 2.59 bits per heavy atom. The Kier molecular flexibility index (Phi) is 7.28. The van der Waals surface area contributed by atoms with Crippen molar-refractivity contribution in [3.05, 3.63) is 72.3 Å². The Morgan fingerprint density at radius 1 is 0.966 bits per heavy atom. The van der Waals surface area contributed by atoms with Gasteiger partial charge in [0, 0.05) is 11.8 Å². The molecule has 0 radical (unpaired) electrons. The van der Waals surface area contributed by atoms with Crippen molar-refractivity contribution in [1.29, 1.82) is 0 Å². The third-order valence-electron chi connectivity index (χ3n) is 4.64. The molecular formula is C25H27NO3. The van der Waals surface area contributed by atoms with Gasteiger partial charge in [0.15, 0.2) is 11.5 Å². The number of hydrogen-bond donors (Lipinski definition) is 1. The topological polar surface area (TPSA) is 47.6 Å². The van der Waals surface area contributed by atoms with Gasteiger partial charge in [0.1, 0.15) is 0 Å². The summed E-state index contributed by atoms with van der Waals surface area (Å²) in [6.07, 6.45) is 6.61.